The molecule has 0 aromatic heterocycles. The summed E-state index contributed by atoms with van der Waals surface area (Å²) in [6.07, 6.45) is 3.15. The van der Waals surface area contributed by atoms with Crippen LogP contribution in [0, 0.1) is 11.8 Å². The van der Waals surface area contributed by atoms with E-state index in [1.165, 1.54) is 0 Å². The molecule has 1 amide bonds. The molecule has 1 fully saturated rings. The molecule has 0 spiro atoms. The highest BCUT2D eigenvalue weighted by molar-refractivity contribution is 5.80. The Kier molecular flexibility index (Phi) is 6.24. The van der Waals surface area contributed by atoms with Crippen molar-refractivity contribution < 1.29 is 14.3 Å². The van der Waals surface area contributed by atoms with Crippen LogP contribution < -0.4 is 0 Å². The first-order valence-corrected chi connectivity index (χ1v) is 8.16. The average molecular weight is 297 g/mol. The van der Waals surface area contributed by atoms with Crippen molar-refractivity contribution in [1.29, 1.82) is 0 Å². The van der Waals surface area contributed by atoms with Crippen LogP contribution in [-0.4, -0.2) is 35.0 Å². The lowest BCUT2D eigenvalue weighted by atomic mass is 9.84. The zero-order chi connectivity index (χ0) is 16.2. The fraction of sp³-hybridized carbons (Fsp3) is 0.882. The number of hydrogen-bond acceptors (Lipinski definition) is 3. The first-order valence-electron chi connectivity index (χ1n) is 8.16. The first-order chi connectivity index (χ1) is 9.64. The SMILES string of the molecule is CCC1CC(CC(=O)C(C)C)CCN1C(=O)OC(C)(C)C. The van der Waals surface area contributed by atoms with Crippen LogP contribution in [0.5, 0.6) is 0 Å². The molecule has 2 unspecified atom stereocenters. The molecular weight excluding hydrogens is 266 g/mol. The summed E-state index contributed by atoms with van der Waals surface area (Å²) in [7, 11) is 0. The molecule has 1 saturated heterocycles. The Morgan fingerprint density at radius 3 is 2.38 bits per heavy atom. The molecule has 1 aliphatic heterocycles. The third-order valence-electron chi connectivity index (χ3n) is 4.06. The van der Waals surface area contributed by atoms with Gasteiger partial charge in [0.05, 0.1) is 0 Å². The molecule has 0 aromatic rings. The highest BCUT2D eigenvalue weighted by Gasteiger charge is 2.34. The van der Waals surface area contributed by atoms with E-state index in [9.17, 15) is 9.59 Å². The fourth-order valence-electron chi connectivity index (χ4n) is 2.79. The number of amides is 1. The van der Waals surface area contributed by atoms with Crippen molar-refractivity contribution in [2.24, 2.45) is 11.8 Å². The van der Waals surface area contributed by atoms with E-state index in [0.717, 1.165) is 19.3 Å². The molecule has 0 aromatic carbocycles. The number of ether oxygens (including phenoxy) is 1. The quantitative estimate of drug-likeness (QED) is 0.787. The molecule has 0 N–H and O–H groups in total. The number of carbonyl (C=O) groups is 2. The van der Waals surface area contributed by atoms with E-state index in [1.807, 2.05) is 39.5 Å². The van der Waals surface area contributed by atoms with E-state index in [0.29, 0.717) is 24.7 Å². The van der Waals surface area contributed by atoms with Gasteiger partial charge in [-0.25, -0.2) is 4.79 Å². The molecule has 0 radical (unpaired) electrons. The van der Waals surface area contributed by atoms with Gasteiger partial charge in [-0.3, -0.25) is 4.79 Å². The summed E-state index contributed by atoms with van der Waals surface area (Å²) < 4.78 is 5.48. The lowest BCUT2D eigenvalue weighted by molar-refractivity contribution is -0.123. The molecule has 0 saturated carbocycles. The third kappa shape index (κ3) is 5.68. The second kappa shape index (κ2) is 7.28. The molecule has 122 valence electrons. The van der Waals surface area contributed by atoms with Crippen molar-refractivity contribution in [1.82, 2.24) is 4.90 Å². The van der Waals surface area contributed by atoms with Crippen molar-refractivity contribution in [2.75, 3.05) is 6.54 Å². The summed E-state index contributed by atoms with van der Waals surface area (Å²) in [5, 5.41) is 0. The number of nitrogens with zero attached hydrogens (tertiary/aromatic N) is 1. The van der Waals surface area contributed by atoms with Gasteiger partial charge in [0.1, 0.15) is 11.4 Å². The summed E-state index contributed by atoms with van der Waals surface area (Å²) in [4.78, 5) is 26.0. The van der Waals surface area contributed by atoms with Crippen LogP contribution in [0.15, 0.2) is 0 Å². The minimum atomic E-state index is -0.459. The highest BCUT2D eigenvalue weighted by Crippen LogP contribution is 2.29. The Morgan fingerprint density at radius 2 is 1.90 bits per heavy atom. The molecule has 0 aliphatic carbocycles. The Balaban J connectivity index is 2.61. The Hall–Kier alpha value is -1.06. The number of likely N-dealkylation sites (tertiary alicyclic amines) is 1. The minimum absolute atomic E-state index is 0.106. The van der Waals surface area contributed by atoms with Gasteiger partial charge in [0, 0.05) is 24.9 Å². The molecule has 2 atom stereocenters. The predicted octanol–water partition coefficient (Wildman–Crippen LogP) is 4.03. The molecule has 0 bridgehead atoms. The van der Waals surface area contributed by atoms with Gasteiger partial charge in [-0.1, -0.05) is 20.8 Å². The van der Waals surface area contributed by atoms with E-state index in [2.05, 4.69) is 6.92 Å². The third-order valence-corrected chi connectivity index (χ3v) is 4.06. The van der Waals surface area contributed by atoms with Crippen LogP contribution in [0.2, 0.25) is 0 Å². The summed E-state index contributed by atoms with van der Waals surface area (Å²) in [6, 6.07) is 0.193. The van der Waals surface area contributed by atoms with Crippen molar-refractivity contribution in [3.05, 3.63) is 0 Å². The maximum atomic E-state index is 12.3. The maximum Gasteiger partial charge on any atom is 0.410 e. The van der Waals surface area contributed by atoms with Crippen LogP contribution in [0.4, 0.5) is 4.79 Å². The van der Waals surface area contributed by atoms with Gasteiger partial charge in [0.25, 0.3) is 0 Å². The summed E-state index contributed by atoms with van der Waals surface area (Å²) >= 11 is 0. The van der Waals surface area contributed by atoms with Crippen LogP contribution in [0.3, 0.4) is 0 Å². The number of ketones is 1. The number of hydrogen-bond donors (Lipinski definition) is 0. The van der Waals surface area contributed by atoms with Gasteiger partial charge in [-0.05, 0) is 46.0 Å². The molecule has 21 heavy (non-hydrogen) atoms. The molecule has 1 rings (SSSR count). The zero-order valence-corrected chi connectivity index (χ0v) is 14.4. The summed E-state index contributed by atoms with van der Waals surface area (Å²) in [5.74, 6) is 0.845. The number of rotatable bonds is 4. The Morgan fingerprint density at radius 1 is 1.29 bits per heavy atom. The lowest BCUT2D eigenvalue weighted by Crippen LogP contribution is -2.48. The normalized spacial score (nSPS) is 23.3. The van der Waals surface area contributed by atoms with Crippen LogP contribution >= 0.6 is 0 Å². The lowest BCUT2D eigenvalue weighted by Gasteiger charge is -2.39. The average Bonchev–Trinajstić information content (AvgIpc) is 2.36. The monoisotopic (exact) mass is 297 g/mol. The second-order valence-electron chi connectivity index (χ2n) is 7.45. The van der Waals surface area contributed by atoms with Crippen molar-refractivity contribution in [3.8, 4) is 0 Å². The van der Waals surface area contributed by atoms with Crippen molar-refractivity contribution in [2.45, 2.75) is 78.9 Å². The van der Waals surface area contributed by atoms with E-state index in [4.69, 9.17) is 4.74 Å². The molecule has 4 heteroatoms. The largest absolute Gasteiger partial charge is 0.444 e. The zero-order valence-electron chi connectivity index (χ0n) is 14.4. The van der Waals surface area contributed by atoms with Crippen LogP contribution in [-0.2, 0) is 9.53 Å². The summed E-state index contributed by atoms with van der Waals surface area (Å²) in [6.45, 7) is 12.4. The highest BCUT2D eigenvalue weighted by atomic mass is 16.6. The van der Waals surface area contributed by atoms with Gasteiger partial charge in [-0.2, -0.15) is 0 Å². The van der Waals surface area contributed by atoms with Crippen molar-refractivity contribution in [3.63, 3.8) is 0 Å². The standard InChI is InChI=1S/C17H31NO3/c1-7-14-10-13(11-15(19)12(2)3)8-9-18(14)16(20)21-17(4,5)6/h12-14H,7-11H2,1-6H3. The Bertz CT molecular complexity index is 371. The number of carbonyl (C=O) groups excluding carboxylic acids is 2. The topological polar surface area (TPSA) is 46.6 Å². The minimum Gasteiger partial charge on any atom is -0.444 e. The smallest absolute Gasteiger partial charge is 0.410 e. The van der Waals surface area contributed by atoms with Gasteiger partial charge in [0.15, 0.2) is 0 Å². The van der Waals surface area contributed by atoms with Gasteiger partial charge in [-0.15, -0.1) is 0 Å². The van der Waals surface area contributed by atoms with Gasteiger partial charge >= 0.3 is 6.09 Å². The Labute approximate surface area is 129 Å². The second-order valence-corrected chi connectivity index (χ2v) is 7.45. The van der Waals surface area contributed by atoms with E-state index >= 15 is 0 Å². The molecule has 1 heterocycles. The van der Waals surface area contributed by atoms with E-state index in [1.54, 1.807) is 0 Å². The molecular formula is C17H31NO3. The van der Waals surface area contributed by atoms with E-state index < -0.39 is 5.60 Å². The van der Waals surface area contributed by atoms with E-state index in [-0.39, 0.29) is 18.1 Å². The summed E-state index contributed by atoms with van der Waals surface area (Å²) in [5.41, 5.74) is -0.459. The first kappa shape index (κ1) is 18.0. The van der Waals surface area contributed by atoms with Crippen molar-refractivity contribution >= 4 is 11.9 Å². The number of piperidine rings is 1. The predicted molar refractivity (Wildman–Crippen MR) is 84.2 cm³/mol. The number of Topliss-reactive ketones (excluding diaryl/α,β-unsaturated/α-hetero) is 1. The van der Waals surface area contributed by atoms with Gasteiger partial charge < -0.3 is 9.64 Å². The maximum absolute atomic E-state index is 12.3. The van der Waals surface area contributed by atoms with Crippen LogP contribution in [0.25, 0.3) is 0 Å². The molecule has 4 nitrogen and oxygen atoms in total. The van der Waals surface area contributed by atoms with Gasteiger partial charge in [0.2, 0.25) is 0 Å². The molecule has 1 aliphatic rings. The van der Waals surface area contributed by atoms with Crippen LogP contribution in [0.1, 0.15) is 67.2 Å². The fourth-order valence-corrected chi connectivity index (χ4v) is 2.79.